The number of carboxylic acids is 1. The number of hydrogen-bond donors (Lipinski definition) is 2. The van der Waals surface area contributed by atoms with Crippen molar-refractivity contribution in [1.82, 2.24) is 5.32 Å². The molecule has 1 saturated heterocycles. The van der Waals surface area contributed by atoms with Crippen LogP contribution in [-0.2, 0) is 4.79 Å². The zero-order chi connectivity index (χ0) is 14.0. The van der Waals surface area contributed by atoms with Crippen molar-refractivity contribution in [3.63, 3.8) is 0 Å². The standard InChI is InChI=1S/C14H18N2O3/c1-9-3-4-11(7-10(9)2)16-12(5-6-13(17)18)8-15-14(16)19/h3-4,7,12H,5-6,8H2,1-2H3,(H,15,19)(H,17,18). The molecule has 1 fully saturated rings. The third kappa shape index (κ3) is 2.86. The summed E-state index contributed by atoms with van der Waals surface area (Å²) >= 11 is 0. The Morgan fingerprint density at radius 3 is 2.79 bits per heavy atom. The highest BCUT2D eigenvalue weighted by atomic mass is 16.4. The monoisotopic (exact) mass is 262 g/mol. The summed E-state index contributed by atoms with van der Waals surface area (Å²) in [6.07, 6.45) is 0.530. The van der Waals surface area contributed by atoms with Gasteiger partial charge in [0.25, 0.3) is 0 Å². The van der Waals surface area contributed by atoms with Gasteiger partial charge in [-0.15, -0.1) is 0 Å². The Balaban J connectivity index is 2.20. The Morgan fingerprint density at radius 2 is 2.16 bits per heavy atom. The highest BCUT2D eigenvalue weighted by molar-refractivity contribution is 5.95. The van der Waals surface area contributed by atoms with E-state index in [1.54, 1.807) is 4.90 Å². The van der Waals surface area contributed by atoms with Crippen LogP contribution >= 0.6 is 0 Å². The van der Waals surface area contributed by atoms with Crippen LogP contribution < -0.4 is 10.2 Å². The number of rotatable bonds is 4. The molecular weight excluding hydrogens is 244 g/mol. The number of benzene rings is 1. The van der Waals surface area contributed by atoms with Crippen molar-refractivity contribution >= 4 is 17.7 Å². The minimum Gasteiger partial charge on any atom is -0.481 e. The molecule has 5 nitrogen and oxygen atoms in total. The predicted molar refractivity (Wildman–Crippen MR) is 72.5 cm³/mol. The molecule has 0 saturated carbocycles. The Kier molecular flexibility index (Phi) is 3.74. The molecule has 0 radical (unpaired) electrons. The SMILES string of the molecule is Cc1ccc(N2C(=O)NCC2CCC(=O)O)cc1C. The zero-order valence-electron chi connectivity index (χ0n) is 11.1. The summed E-state index contributed by atoms with van der Waals surface area (Å²) in [5, 5.41) is 11.5. The summed E-state index contributed by atoms with van der Waals surface area (Å²) in [6.45, 7) is 4.52. The minimum absolute atomic E-state index is 0.0704. The van der Waals surface area contributed by atoms with Gasteiger partial charge < -0.3 is 10.4 Å². The third-order valence-corrected chi connectivity index (χ3v) is 3.53. The molecule has 1 aromatic rings. The molecule has 1 aliphatic rings. The average Bonchev–Trinajstić information content (AvgIpc) is 2.71. The van der Waals surface area contributed by atoms with Crippen molar-refractivity contribution in [2.75, 3.05) is 11.4 Å². The Morgan fingerprint density at radius 1 is 1.42 bits per heavy atom. The van der Waals surface area contributed by atoms with E-state index < -0.39 is 5.97 Å². The van der Waals surface area contributed by atoms with Crippen molar-refractivity contribution in [2.24, 2.45) is 0 Å². The molecule has 1 heterocycles. The molecule has 0 aromatic heterocycles. The fraction of sp³-hybridized carbons (Fsp3) is 0.429. The summed E-state index contributed by atoms with van der Waals surface area (Å²) in [6, 6.07) is 5.60. The van der Waals surface area contributed by atoms with E-state index in [-0.39, 0.29) is 18.5 Å². The van der Waals surface area contributed by atoms with Crippen molar-refractivity contribution in [1.29, 1.82) is 0 Å². The number of hydrogen-bond acceptors (Lipinski definition) is 2. The first-order valence-corrected chi connectivity index (χ1v) is 6.35. The molecule has 1 aromatic carbocycles. The lowest BCUT2D eigenvalue weighted by molar-refractivity contribution is -0.137. The van der Waals surface area contributed by atoms with Gasteiger partial charge in [-0.3, -0.25) is 9.69 Å². The lowest BCUT2D eigenvalue weighted by Crippen LogP contribution is -2.34. The Hall–Kier alpha value is -2.04. The molecule has 2 rings (SSSR count). The van der Waals surface area contributed by atoms with E-state index in [1.807, 2.05) is 32.0 Å². The predicted octanol–water partition coefficient (Wildman–Crippen LogP) is 2.07. The van der Waals surface area contributed by atoms with Crippen LogP contribution in [0, 0.1) is 13.8 Å². The second-order valence-corrected chi connectivity index (χ2v) is 4.91. The number of nitrogens with one attached hydrogen (secondary N) is 1. The second kappa shape index (κ2) is 5.30. The van der Waals surface area contributed by atoms with Gasteiger partial charge >= 0.3 is 12.0 Å². The first kappa shape index (κ1) is 13.4. The van der Waals surface area contributed by atoms with Crippen LogP contribution in [0.5, 0.6) is 0 Å². The van der Waals surface area contributed by atoms with E-state index in [0.717, 1.165) is 11.3 Å². The van der Waals surface area contributed by atoms with Gasteiger partial charge in [-0.25, -0.2) is 4.79 Å². The van der Waals surface area contributed by atoms with Crippen LogP contribution in [0.4, 0.5) is 10.5 Å². The van der Waals surface area contributed by atoms with Gasteiger partial charge in [-0.1, -0.05) is 6.07 Å². The smallest absolute Gasteiger partial charge is 0.322 e. The van der Waals surface area contributed by atoms with Crippen LogP contribution in [0.3, 0.4) is 0 Å². The summed E-state index contributed by atoms with van der Waals surface area (Å²) in [5.74, 6) is -0.834. The molecule has 0 bridgehead atoms. The number of carboxylic acid groups (broad SMARTS) is 1. The maximum absolute atomic E-state index is 11.9. The number of aliphatic carboxylic acids is 1. The fourth-order valence-electron chi connectivity index (χ4n) is 2.27. The lowest BCUT2D eigenvalue weighted by Gasteiger charge is -2.23. The van der Waals surface area contributed by atoms with E-state index in [0.29, 0.717) is 13.0 Å². The maximum atomic E-state index is 11.9. The third-order valence-electron chi connectivity index (χ3n) is 3.53. The van der Waals surface area contributed by atoms with Crippen LogP contribution in [-0.4, -0.2) is 29.7 Å². The number of aryl methyl sites for hydroxylation is 2. The molecule has 102 valence electrons. The van der Waals surface area contributed by atoms with Crippen molar-refractivity contribution in [3.05, 3.63) is 29.3 Å². The number of urea groups is 1. The second-order valence-electron chi connectivity index (χ2n) is 4.91. The molecule has 2 N–H and O–H groups in total. The van der Waals surface area contributed by atoms with Gasteiger partial charge in [0, 0.05) is 18.7 Å². The molecule has 1 unspecified atom stereocenters. The number of carbonyl (C=O) groups excluding carboxylic acids is 1. The highest BCUT2D eigenvalue weighted by Crippen LogP contribution is 2.25. The van der Waals surface area contributed by atoms with Gasteiger partial charge in [0.2, 0.25) is 0 Å². The zero-order valence-corrected chi connectivity index (χ0v) is 11.1. The topological polar surface area (TPSA) is 69.6 Å². The van der Waals surface area contributed by atoms with Crippen molar-refractivity contribution in [2.45, 2.75) is 32.7 Å². The van der Waals surface area contributed by atoms with E-state index in [2.05, 4.69) is 5.32 Å². The minimum atomic E-state index is -0.834. The van der Waals surface area contributed by atoms with Gasteiger partial charge in [-0.2, -0.15) is 0 Å². The largest absolute Gasteiger partial charge is 0.481 e. The summed E-state index contributed by atoms with van der Waals surface area (Å²) in [4.78, 5) is 24.2. The first-order chi connectivity index (χ1) is 8.99. The van der Waals surface area contributed by atoms with E-state index in [1.165, 1.54) is 5.56 Å². The highest BCUT2D eigenvalue weighted by Gasteiger charge is 2.32. The van der Waals surface area contributed by atoms with Gasteiger partial charge in [-0.05, 0) is 43.5 Å². The molecule has 2 amide bonds. The lowest BCUT2D eigenvalue weighted by atomic mass is 10.1. The number of anilines is 1. The van der Waals surface area contributed by atoms with Crippen LogP contribution in [0.25, 0.3) is 0 Å². The average molecular weight is 262 g/mol. The van der Waals surface area contributed by atoms with Crippen LogP contribution in [0.2, 0.25) is 0 Å². The molecule has 1 atom stereocenters. The Bertz CT molecular complexity index is 513. The van der Waals surface area contributed by atoms with E-state index in [9.17, 15) is 9.59 Å². The number of carbonyl (C=O) groups is 2. The molecule has 0 aliphatic carbocycles. The number of nitrogens with zero attached hydrogens (tertiary/aromatic N) is 1. The summed E-state index contributed by atoms with van der Waals surface area (Å²) in [7, 11) is 0. The van der Waals surface area contributed by atoms with Crippen LogP contribution in [0.1, 0.15) is 24.0 Å². The fourth-order valence-corrected chi connectivity index (χ4v) is 2.27. The van der Waals surface area contributed by atoms with Gasteiger partial charge in [0.1, 0.15) is 0 Å². The van der Waals surface area contributed by atoms with Crippen molar-refractivity contribution in [3.8, 4) is 0 Å². The maximum Gasteiger partial charge on any atom is 0.322 e. The summed E-state index contributed by atoms with van der Waals surface area (Å²) < 4.78 is 0. The quantitative estimate of drug-likeness (QED) is 0.872. The first-order valence-electron chi connectivity index (χ1n) is 6.35. The summed E-state index contributed by atoms with van der Waals surface area (Å²) in [5.41, 5.74) is 3.12. The van der Waals surface area contributed by atoms with Crippen LogP contribution in [0.15, 0.2) is 18.2 Å². The molecule has 0 spiro atoms. The number of amides is 2. The van der Waals surface area contributed by atoms with Crippen molar-refractivity contribution < 1.29 is 14.7 Å². The molecule has 1 aliphatic heterocycles. The normalized spacial score (nSPS) is 18.5. The Labute approximate surface area is 112 Å². The van der Waals surface area contributed by atoms with E-state index >= 15 is 0 Å². The molecule has 19 heavy (non-hydrogen) atoms. The van der Waals surface area contributed by atoms with Gasteiger partial charge in [0.05, 0.1) is 6.04 Å². The van der Waals surface area contributed by atoms with Gasteiger partial charge in [0.15, 0.2) is 0 Å². The van der Waals surface area contributed by atoms with E-state index in [4.69, 9.17) is 5.11 Å². The molecular formula is C14H18N2O3. The molecule has 5 heteroatoms.